The first kappa shape index (κ1) is 18.0. The Kier molecular flexibility index (Phi) is 5.58. The Bertz CT molecular complexity index is 935. The summed E-state index contributed by atoms with van der Waals surface area (Å²) in [6.45, 7) is 1.74. The highest BCUT2D eigenvalue weighted by atomic mass is 79.9. The highest BCUT2D eigenvalue weighted by Crippen LogP contribution is 2.22. The van der Waals surface area contributed by atoms with Gasteiger partial charge in [0.1, 0.15) is 5.75 Å². The number of ether oxygens (including phenoxy) is 1. The van der Waals surface area contributed by atoms with E-state index < -0.39 is 5.91 Å². The normalized spacial score (nSPS) is 10.5. The van der Waals surface area contributed by atoms with Crippen LogP contribution in [0.1, 0.15) is 11.3 Å². The van der Waals surface area contributed by atoms with Crippen LogP contribution in [0.4, 0.5) is 0 Å². The van der Waals surface area contributed by atoms with E-state index >= 15 is 0 Å². The van der Waals surface area contributed by atoms with Gasteiger partial charge in [0.2, 0.25) is 5.91 Å². The number of nitrogens with one attached hydrogen (secondary N) is 3. The van der Waals surface area contributed by atoms with Gasteiger partial charge in [-0.2, -0.15) is 0 Å². The number of rotatable bonds is 5. The molecule has 0 saturated heterocycles. The molecule has 0 unspecified atom stereocenters. The van der Waals surface area contributed by atoms with Crippen molar-refractivity contribution in [2.45, 2.75) is 13.3 Å². The Morgan fingerprint density at radius 2 is 1.73 bits per heavy atom. The number of hydrazine groups is 1. The monoisotopic (exact) mass is 415 g/mol. The lowest BCUT2D eigenvalue weighted by Gasteiger charge is -2.09. The standard InChI is InChI=1S/C19H18BrN3O3/c1-12-16(15-4-2-3-5-17(15)21-12)10-18(24)22-23-19(25)11-26-14-8-6-13(20)7-9-14/h2-9,21H,10-11H2,1H3,(H,22,24)(H,23,25). The number of para-hydroxylation sites is 1. The molecule has 6 nitrogen and oxygen atoms in total. The zero-order valence-corrected chi connectivity index (χ0v) is 15.7. The summed E-state index contributed by atoms with van der Waals surface area (Å²) in [5, 5.41) is 1.00. The van der Waals surface area contributed by atoms with Gasteiger partial charge in [-0.15, -0.1) is 0 Å². The Labute approximate surface area is 159 Å². The number of fused-ring (bicyclic) bond motifs is 1. The van der Waals surface area contributed by atoms with E-state index in [1.165, 1.54) is 0 Å². The second-order valence-corrected chi connectivity index (χ2v) is 6.71. The molecule has 1 aromatic heterocycles. The Hall–Kier alpha value is -2.80. The molecular weight excluding hydrogens is 398 g/mol. The van der Waals surface area contributed by atoms with Gasteiger partial charge >= 0.3 is 0 Å². The average Bonchev–Trinajstić information content (AvgIpc) is 2.95. The molecule has 26 heavy (non-hydrogen) atoms. The summed E-state index contributed by atoms with van der Waals surface area (Å²) >= 11 is 3.33. The maximum absolute atomic E-state index is 12.1. The van der Waals surface area contributed by atoms with Gasteiger partial charge in [-0.1, -0.05) is 34.1 Å². The smallest absolute Gasteiger partial charge is 0.276 e. The number of benzene rings is 2. The first-order valence-corrected chi connectivity index (χ1v) is 8.84. The molecule has 0 aliphatic heterocycles. The summed E-state index contributed by atoms with van der Waals surface area (Å²) in [5.74, 6) is -0.157. The third kappa shape index (κ3) is 4.43. The molecule has 0 aliphatic rings. The fourth-order valence-electron chi connectivity index (χ4n) is 2.62. The van der Waals surface area contributed by atoms with E-state index in [0.717, 1.165) is 26.6 Å². The minimum Gasteiger partial charge on any atom is -0.484 e. The summed E-state index contributed by atoms with van der Waals surface area (Å²) < 4.78 is 6.27. The van der Waals surface area contributed by atoms with E-state index in [1.807, 2.05) is 43.3 Å². The van der Waals surface area contributed by atoms with Gasteiger partial charge < -0.3 is 9.72 Å². The molecule has 3 N–H and O–H groups in total. The van der Waals surface area contributed by atoms with E-state index in [1.54, 1.807) is 12.1 Å². The van der Waals surface area contributed by atoms with Gasteiger partial charge in [0.05, 0.1) is 6.42 Å². The van der Waals surface area contributed by atoms with Gasteiger partial charge in [0.25, 0.3) is 5.91 Å². The van der Waals surface area contributed by atoms with Gasteiger partial charge in [-0.3, -0.25) is 20.4 Å². The zero-order valence-electron chi connectivity index (χ0n) is 14.1. The molecule has 2 aromatic carbocycles. The van der Waals surface area contributed by atoms with Crippen LogP contribution in [-0.4, -0.2) is 23.4 Å². The maximum Gasteiger partial charge on any atom is 0.276 e. The van der Waals surface area contributed by atoms with Crippen LogP contribution in [0.2, 0.25) is 0 Å². The summed E-state index contributed by atoms with van der Waals surface area (Å²) in [7, 11) is 0. The number of aryl methyl sites for hydroxylation is 1. The lowest BCUT2D eigenvalue weighted by Crippen LogP contribution is -2.44. The number of amides is 2. The molecule has 0 spiro atoms. The first-order chi connectivity index (χ1) is 12.5. The lowest BCUT2D eigenvalue weighted by atomic mass is 10.1. The van der Waals surface area contributed by atoms with Crippen LogP contribution < -0.4 is 15.6 Å². The van der Waals surface area contributed by atoms with Crippen molar-refractivity contribution in [2.75, 3.05) is 6.61 Å². The van der Waals surface area contributed by atoms with Crippen molar-refractivity contribution in [1.29, 1.82) is 0 Å². The van der Waals surface area contributed by atoms with Crippen LogP contribution in [0.5, 0.6) is 5.75 Å². The summed E-state index contributed by atoms with van der Waals surface area (Å²) in [4.78, 5) is 27.2. The number of hydrogen-bond donors (Lipinski definition) is 3. The second kappa shape index (κ2) is 8.05. The molecule has 3 aromatic rings. The molecule has 134 valence electrons. The largest absolute Gasteiger partial charge is 0.484 e. The maximum atomic E-state index is 12.1. The third-order valence-electron chi connectivity index (χ3n) is 3.89. The van der Waals surface area contributed by atoms with Crippen LogP contribution in [-0.2, 0) is 16.0 Å². The molecule has 0 radical (unpaired) electrons. The van der Waals surface area contributed by atoms with Crippen LogP contribution >= 0.6 is 15.9 Å². The van der Waals surface area contributed by atoms with Crippen molar-refractivity contribution in [3.8, 4) is 5.75 Å². The van der Waals surface area contributed by atoms with Crippen molar-refractivity contribution in [3.63, 3.8) is 0 Å². The minimum atomic E-state index is -0.433. The number of hydrogen-bond acceptors (Lipinski definition) is 3. The summed E-state index contributed by atoms with van der Waals surface area (Å²) in [5.41, 5.74) is 7.62. The zero-order chi connectivity index (χ0) is 18.5. The molecule has 2 amide bonds. The average molecular weight is 416 g/mol. The molecule has 0 fully saturated rings. The predicted molar refractivity (Wildman–Crippen MR) is 103 cm³/mol. The Morgan fingerprint density at radius 1 is 1.04 bits per heavy atom. The number of carbonyl (C=O) groups is 2. The third-order valence-corrected chi connectivity index (χ3v) is 4.42. The van der Waals surface area contributed by atoms with E-state index in [0.29, 0.717) is 5.75 Å². The van der Waals surface area contributed by atoms with Gasteiger partial charge in [0, 0.05) is 21.1 Å². The van der Waals surface area contributed by atoms with Crippen molar-refractivity contribution < 1.29 is 14.3 Å². The number of aromatic amines is 1. The highest BCUT2D eigenvalue weighted by Gasteiger charge is 2.13. The topological polar surface area (TPSA) is 83.2 Å². The van der Waals surface area contributed by atoms with Gasteiger partial charge in [-0.25, -0.2) is 0 Å². The van der Waals surface area contributed by atoms with Crippen molar-refractivity contribution in [2.24, 2.45) is 0 Å². The number of H-pyrrole nitrogens is 1. The van der Waals surface area contributed by atoms with Crippen molar-refractivity contribution >= 4 is 38.6 Å². The molecule has 0 atom stereocenters. The van der Waals surface area contributed by atoms with Crippen molar-refractivity contribution in [1.82, 2.24) is 15.8 Å². The van der Waals surface area contributed by atoms with E-state index in [4.69, 9.17) is 4.74 Å². The van der Waals surface area contributed by atoms with Crippen LogP contribution in [0.3, 0.4) is 0 Å². The summed E-state index contributed by atoms with van der Waals surface area (Å²) in [6, 6.07) is 14.9. The molecule has 0 saturated carbocycles. The number of aromatic nitrogens is 1. The molecule has 1 heterocycles. The van der Waals surface area contributed by atoms with Crippen molar-refractivity contribution in [3.05, 3.63) is 64.3 Å². The number of carbonyl (C=O) groups excluding carboxylic acids is 2. The SMILES string of the molecule is Cc1[nH]c2ccccc2c1CC(=O)NNC(=O)COc1ccc(Br)cc1. The molecular formula is C19H18BrN3O3. The molecule has 0 bridgehead atoms. The number of halogens is 1. The molecule has 0 aliphatic carbocycles. The van der Waals surface area contributed by atoms with E-state index in [-0.39, 0.29) is 18.9 Å². The van der Waals surface area contributed by atoms with Gasteiger partial charge in [-0.05, 0) is 42.8 Å². The minimum absolute atomic E-state index is 0.170. The van der Waals surface area contributed by atoms with Crippen LogP contribution in [0.25, 0.3) is 10.9 Å². The molecule has 3 rings (SSSR count). The lowest BCUT2D eigenvalue weighted by molar-refractivity contribution is -0.129. The Balaban J connectivity index is 1.49. The van der Waals surface area contributed by atoms with Crippen LogP contribution in [0.15, 0.2) is 53.0 Å². The van der Waals surface area contributed by atoms with E-state index in [9.17, 15) is 9.59 Å². The highest BCUT2D eigenvalue weighted by molar-refractivity contribution is 9.10. The molecule has 7 heteroatoms. The quantitative estimate of drug-likeness (QED) is 0.560. The van der Waals surface area contributed by atoms with E-state index in [2.05, 4.69) is 31.8 Å². The Morgan fingerprint density at radius 3 is 2.50 bits per heavy atom. The fraction of sp³-hybridized carbons (Fsp3) is 0.158. The van der Waals surface area contributed by atoms with Gasteiger partial charge in [0.15, 0.2) is 6.61 Å². The van der Waals surface area contributed by atoms with Crippen LogP contribution in [0, 0.1) is 6.92 Å². The first-order valence-electron chi connectivity index (χ1n) is 8.05. The second-order valence-electron chi connectivity index (χ2n) is 5.79. The summed E-state index contributed by atoms with van der Waals surface area (Å²) in [6.07, 6.45) is 0.170. The predicted octanol–water partition coefficient (Wildman–Crippen LogP) is 3.01. The fourth-order valence-corrected chi connectivity index (χ4v) is 2.89.